The molecule has 5 rings (SSSR count). The Hall–Kier alpha value is -3.33. The van der Waals surface area contributed by atoms with Crippen molar-refractivity contribution in [2.24, 2.45) is 0 Å². The van der Waals surface area contributed by atoms with Crippen LogP contribution in [-0.2, 0) is 37.8 Å². The minimum atomic E-state index is -0.171. The lowest BCUT2D eigenvalue weighted by Crippen LogP contribution is -2.26. The highest BCUT2D eigenvalue weighted by molar-refractivity contribution is 5.96. The van der Waals surface area contributed by atoms with E-state index in [0.29, 0.717) is 12.1 Å². The maximum atomic E-state index is 13.1. The molecule has 0 aromatic heterocycles. The van der Waals surface area contributed by atoms with Gasteiger partial charge in [-0.1, -0.05) is 75.9 Å². The molecule has 168 valence electrons. The van der Waals surface area contributed by atoms with E-state index in [1.165, 1.54) is 33.4 Å². The summed E-state index contributed by atoms with van der Waals surface area (Å²) in [6.45, 7) is 12.5. The fraction of sp³-hybridized carbons (Fsp3) is 0.300. The SMILES string of the molecule is C=C1N2Cc3c(CC)cccc3CCc3ccccc3CNC(=O)c3ccc(c2c3)C1(C)C. The van der Waals surface area contributed by atoms with Gasteiger partial charge in [-0.2, -0.15) is 0 Å². The Morgan fingerprint density at radius 3 is 2.48 bits per heavy atom. The van der Waals surface area contributed by atoms with Gasteiger partial charge in [-0.25, -0.2) is 0 Å². The van der Waals surface area contributed by atoms with Gasteiger partial charge < -0.3 is 10.2 Å². The average Bonchev–Trinajstić information content (AvgIpc) is 3.01. The van der Waals surface area contributed by atoms with Crippen molar-refractivity contribution in [2.75, 3.05) is 4.90 Å². The molecule has 0 atom stereocenters. The Balaban J connectivity index is 1.68. The van der Waals surface area contributed by atoms with Gasteiger partial charge in [0.05, 0.1) is 0 Å². The predicted molar refractivity (Wildman–Crippen MR) is 136 cm³/mol. The maximum absolute atomic E-state index is 13.1. The van der Waals surface area contributed by atoms with Crippen molar-refractivity contribution in [2.45, 2.75) is 58.5 Å². The molecule has 3 aromatic rings. The Labute approximate surface area is 197 Å². The van der Waals surface area contributed by atoms with Gasteiger partial charge in [-0.3, -0.25) is 4.79 Å². The number of hydrogen-bond donors (Lipinski definition) is 1. The molecular weight excluding hydrogens is 404 g/mol. The van der Waals surface area contributed by atoms with E-state index < -0.39 is 0 Å². The number of nitrogens with zero attached hydrogens (tertiary/aromatic N) is 1. The molecule has 3 nitrogen and oxygen atoms in total. The van der Waals surface area contributed by atoms with Crippen LogP contribution in [0.3, 0.4) is 0 Å². The second-order valence-electron chi connectivity index (χ2n) is 9.75. The molecule has 3 heteroatoms. The fourth-order valence-corrected chi connectivity index (χ4v) is 5.38. The number of amides is 1. The second-order valence-corrected chi connectivity index (χ2v) is 9.75. The third-order valence-corrected chi connectivity index (χ3v) is 7.56. The Bertz CT molecular complexity index is 1250. The van der Waals surface area contributed by atoms with Gasteiger partial charge in [0.15, 0.2) is 0 Å². The molecular formula is C30H32N2O. The molecule has 2 aliphatic heterocycles. The minimum Gasteiger partial charge on any atom is -0.348 e. The lowest BCUT2D eigenvalue weighted by atomic mass is 9.84. The molecule has 2 bridgehead atoms. The van der Waals surface area contributed by atoms with E-state index in [-0.39, 0.29) is 11.3 Å². The van der Waals surface area contributed by atoms with Gasteiger partial charge in [0.25, 0.3) is 5.91 Å². The third-order valence-electron chi connectivity index (χ3n) is 7.56. The minimum absolute atomic E-state index is 0.0328. The van der Waals surface area contributed by atoms with E-state index in [9.17, 15) is 4.79 Å². The molecule has 3 aromatic carbocycles. The van der Waals surface area contributed by atoms with E-state index in [1.54, 1.807) is 0 Å². The van der Waals surface area contributed by atoms with Crippen LogP contribution in [0.4, 0.5) is 5.69 Å². The van der Waals surface area contributed by atoms with Crippen molar-refractivity contribution in [3.8, 4) is 0 Å². The summed E-state index contributed by atoms with van der Waals surface area (Å²) < 4.78 is 0. The summed E-state index contributed by atoms with van der Waals surface area (Å²) >= 11 is 0. The highest BCUT2D eigenvalue weighted by Gasteiger charge is 2.39. The molecule has 0 unspecified atom stereocenters. The van der Waals surface area contributed by atoms with Crippen LogP contribution in [0.15, 0.2) is 72.9 Å². The molecule has 1 N–H and O–H groups in total. The van der Waals surface area contributed by atoms with Crippen LogP contribution in [0, 0.1) is 0 Å². The molecule has 1 amide bonds. The van der Waals surface area contributed by atoms with Crippen molar-refractivity contribution < 1.29 is 4.79 Å². The first-order valence-electron chi connectivity index (χ1n) is 12.0. The number of hydrogen-bond acceptors (Lipinski definition) is 2. The van der Waals surface area contributed by atoms with Crippen molar-refractivity contribution in [1.82, 2.24) is 5.32 Å². The molecule has 33 heavy (non-hydrogen) atoms. The zero-order valence-corrected chi connectivity index (χ0v) is 19.9. The van der Waals surface area contributed by atoms with Crippen LogP contribution in [-0.4, -0.2) is 5.91 Å². The first-order valence-corrected chi connectivity index (χ1v) is 12.0. The summed E-state index contributed by atoms with van der Waals surface area (Å²) in [4.78, 5) is 15.4. The van der Waals surface area contributed by atoms with Crippen LogP contribution in [0.2, 0.25) is 0 Å². The van der Waals surface area contributed by atoms with Gasteiger partial charge >= 0.3 is 0 Å². The normalized spacial score (nSPS) is 17.1. The Morgan fingerprint density at radius 2 is 1.70 bits per heavy atom. The van der Waals surface area contributed by atoms with Crippen LogP contribution in [0.5, 0.6) is 0 Å². The molecule has 0 aliphatic carbocycles. The van der Waals surface area contributed by atoms with Crippen LogP contribution < -0.4 is 10.2 Å². The van der Waals surface area contributed by atoms with E-state index in [1.807, 2.05) is 6.07 Å². The van der Waals surface area contributed by atoms with Crippen molar-refractivity contribution in [1.29, 1.82) is 0 Å². The molecule has 0 spiro atoms. The summed E-state index contributed by atoms with van der Waals surface area (Å²) in [5, 5.41) is 3.15. The predicted octanol–water partition coefficient (Wildman–Crippen LogP) is 6.09. The summed E-state index contributed by atoms with van der Waals surface area (Å²) in [5.74, 6) is -0.0328. The second kappa shape index (κ2) is 8.22. The van der Waals surface area contributed by atoms with Gasteiger partial charge in [0.2, 0.25) is 0 Å². The topological polar surface area (TPSA) is 32.3 Å². The van der Waals surface area contributed by atoms with Crippen LogP contribution in [0.1, 0.15) is 64.5 Å². The van der Waals surface area contributed by atoms with E-state index in [2.05, 4.69) is 92.2 Å². The van der Waals surface area contributed by atoms with Gasteiger partial charge in [0, 0.05) is 35.5 Å². The van der Waals surface area contributed by atoms with Crippen molar-refractivity contribution in [3.05, 3.63) is 112 Å². The highest BCUT2D eigenvalue weighted by atomic mass is 16.1. The van der Waals surface area contributed by atoms with Crippen LogP contribution in [0.25, 0.3) is 0 Å². The third kappa shape index (κ3) is 3.66. The van der Waals surface area contributed by atoms with E-state index >= 15 is 0 Å². The molecule has 0 saturated carbocycles. The smallest absolute Gasteiger partial charge is 0.251 e. The number of carbonyl (C=O) groups is 1. The Morgan fingerprint density at radius 1 is 0.970 bits per heavy atom. The summed E-state index contributed by atoms with van der Waals surface area (Å²) in [6.07, 6.45) is 2.93. The Kier molecular flexibility index (Phi) is 5.36. The largest absolute Gasteiger partial charge is 0.348 e. The summed E-state index contributed by atoms with van der Waals surface area (Å²) in [5.41, 5.74) is 10.6. The summed E-state index contributed by atoms with van der Waals surface area (Å²) in [6, 6.07) is 21.3. The van der Waals surface area contributed by atoms with Gasteiger partial charge in [-0.15, -0.1) is 0 Å². The van der Waals surface area contributed by atoms with E-state index in [4.69, 9.17) is 0 Å². The lowest BCUT2D eigenvalue weighted by molar-refractivity contribution is 0.0951. The average molecular weight is 437 g/mol. The van der Waals surface area contributed by atoms with Crippen molar-refractivity contribution >= 4 is 11.6 Å². The number of nitrogens with one attached hydrogen (secondary N) is 1. The molecule has 2 heterocycles. The molecule has 0 saturated heterocycles. The van der Waals surface area contributed by atoms with E-state index in [0.717, 1.165) is 37.2 Å². The molecule has 0 radical (unpaired) electrons. The van der Waals surface area contributed by atoms with Crippen LogP contribution >= 0.6 is 0 Å². The van der Waals surface area contributed by atoms with Crippen molar-refractivity contribution in [3.63, 3.8) is 0 Å². The fourth-order valence-electron chi connectivity index (χ4n) is 5.38. The first-order chi connectivity index (χ1) is 15.9. The zero-order chi connectivity index (χ0) is 23.2. The van der Waals surface area contributed by atoms with Gasteiger partial charge in [0.1, 0.15) is 0 Å². The number of fused-ring (bicyclic) bond motifs is 3. The molecule has 2 aliphatic rings. The number of carbonyl (C=O) groups excluding carboxylic acids is 1. The highest BCUT2D eigenvalue weighted by Crippen LogP contribution is 2.48. The lowest BCUT2D eigenvalue weighted by Gasteiger charge is -2.28. The quantitative estimate of drug-likeness (QED) is 0.501. The van der Waals surface area contributed by atoms with Gasteiger partial charge in [-0.05, 0) is 64.8 Å². The number of aryl methyl sites for hydroxylation is 3. The number of allylic oxidation sites excluding steroid dienone is 1. The zero-order valence-electron chi connectivity index (χ0n) is 19.9. The number of benzene rings is 3. The standard InChI is InChI=1S/C30H32N2O/c1-5-21-11-8-12-23-14-13-22-9-6-7-10-25(22)18-31-29(33)24-15-16-27-28(17-24)32(19-26(21)23)20(2)30(27,3)4/h6-12,15-17H,2,5,13-14,18-19H2,1,3-4H3,(H,31,33). The number of anilines is 1. The summed E-state index contributed by atoms with van der Waals surface area (Å²) in [7, 11) is 0. The first kappa shape index (κ1) is 21.5. The monoisotopic (exact) mass is 436 g/mol. The maximum Gasteiger partial charge on any atom is 0.251 e. The molecule has 0 fully saturated rings. The number of rotatable bonds is 1.